The Morgan fingerprint density at radius 3 is 2.27 bits per heavy atom. The van der Waals surface area contributed by atoms with Gasteiger partial charge in [0, 0.05) is 45.8 Å². The third-order valence-corrected chi connectivity index (χ3v) is 6.97. The van der Waals surface area contributed by atoms with Gasteiger partial charge in [0.1, 0.15) is 4.90 Å². The molecule has 0 aromatic carbocycles. The average molecular weight is 450 g/mol. The molecular formula is C18H25F3N4O4S. The first kappa shape index (κ1) is 22.6. The van der Waals surface area contributed by atoms with Gasteiger partial charge < -0.3 is 14.5 Å². The SMILES string of the molecule is CCOC(=O)N1CCN(CCS(=O)(=O)c2c(F)c(F)nc(N3CCCC3)c2F)CC1. The fraction of sp³-hybridized carbons (Fsp3) is 0.667. The number of sulfone groups is 1. The predicted molar refractivity (Wildman–Crippen MR) is 103 cm³/mol. The molecule has 2 aliphatic heterocycles. The molecule has 168 valence electrons. The summed E-state index contributed by atoms with van der Waals surface area (Å²) in [5.74, 6) is -5.80. The maximum Gasteiger partial charge on any atom is 0.409 e. The third kappa shape index (κ3) is 4.80. The molecule has 2 saturated heterocycles. The van der Waals surface area contributed by atoms with E-state index in [9.17, 15) is 26.4 Å². The molecule has 0 spiro atoms. The van der Waals surface area contributed by atoms with E-state index in [4.69, 9.17) is 4.74 Å². The molecular weight excluding hydrogens is 425 g/mol. The molecule has 0 aliphatic carbocycles. The summed E-state index contributed by atoms with van der Waals surface area (Å²) >= 11 is 0. The van der Waals surface area contributed by atoms with Crippen LogP contribution in [-0.4, -0.2) is 87.5 Å². The molecule has 0 N–H and O–H groups in total. The van der Waals surface area contributed by atoms with Crippen LogP contribution in [0.2, 0.25) is 0 Å². The van der Waals surface area contributed by atoms with Crippen LogP contribution in [0.4, 0.5) is 23.8 Å². The lowest BCUT2D eigenvalue weighted by Gasteiger charge is -2.33. The highest BCUT2D eigenvalue weighted by Crippen LogP contribution is 2.30. The molecule has 0 saturated carbocycles. The lowest BCUT2D eigenvalue weighted by atomic mass is 10.3. The van der Waals surface area contributed by atoms with Crippen molar-refractivity contribution in [3.63, 3.8) is 0 Å². The van der Waals surface area contributed by atoms with E-state index >= 15 is 0 Å². The van der Waals surface area contributed by atoms with E-state index < -0.39 is 50.0 Å². The Hall–Kier alpha value is -2.08. The first-order chi connectivity index (χ1) is 14.2. The minimum Gasteiger partial charge on any atom is -0.450 e. The minimum atomic E-state index is -4.44. The Morgan fingerprint density at radius 1 is 1.03 bits per heavy atom. The van der Waals surface area contributed by atoms with E-state index in [1.54, 1.807) is 11.8 Å². The van der Waals surface area contributed by atoms with Gasteiger partial charge >= 0.3 is 6.09 Å². The number of ether oxygens (including phenoxy) is 1. The van der Waals surface area contributed by atoms with Crippen LogP contribution in [0.25, 0.3) is 0 Å². The van der Waals surface area contributed by atoms with Crippen LogP contribution in [0, 0.1) is 17.6 Å². The van der Waals surface area contributed by atoms with Gasteiger partial charge in [-0.05, 0) is 19.8 Å². The number of pyridine rings is 1. The van der Waals surface area contributed by atoms with Gasteiger partial charge in [-0.1, -0.05) is 0 Å². The summed E-state index contributed by atoms with van der Waals surface area (Å²) in [6, 6.07) is 0. The maximum atomic E-state index is 14.9. The number of rotatable bonds is 6. The quantitative estimate of drug-likeness (QED) is 0.610. The van der Waals surface area contributed by atoms with Crippen molar-refractivity contribution in [2.45, 2.75) is 24.7 Å². The standard InChI is InChI=1S/C18H25F3N4O4S/c1-2-29-18(26)25-9-7-23(8-10-25)11-12-30(27,28)15-13(19)16(21)22-17(14(15)20)24-5-3-4-6-24/h2-12H2,1H3. The highest BCUT2D eigenvalue weighted by atomic mass is 32.2. The molecule has 1 aromatic rings. The zero-order valence-corrected chi connectivity index (χ0v) is 17.6. The predicted octanol–water partition coefficient (Wildman–Crippen LogP) is 1.65. The molecule has 1 amide bonds. The van der Waals surface area contributed by atoms with Gasteiger partial charge in [0.25, 0.3) is 5.95 Å². The zero-order chi connectivity index (χ0) is 21.9. The van der Waals surface area contributed by atoms with E-state index in [1.165, 1.54) is 9.80 Å². The van der Waals surface area contributed by atoms with E-state index in [0.29, 0.717) is 39.3 Å². The second-order valence-corrected chi connectivity index (χ2v) is 9.27. The van der Waals surface area contributed by atoms with Crippen molar-refractivity contribution in [1.29, 1.82) is 0 Å². The topological polar surface area (TPSA) is 83.0 Å². The molecule has 0 radical (unpaired) electrons. The highest BCUT2D eigenvalue weighted by Gasteiger charge is 2.33. The number of amides is 1. The van der Waals surface area contributed by atoms with Gasteiger partial charge in [0.15, 0.2) is 27.3 Å². The summed E-state index contributed by atoms with van der Waals surface area (Å²) in [5.41, 5.74) is 0. The lowest BCUT2D eigenvalue weighted by molar-refractivity contribution is 0.0812. The Labute approximate surface area is 173 Å². The van der Waals surface area contributed by atoms with E-state index in [-0.39, 0.29) is 13.2 Å². The molecule has 12 heteroatoms. The van der Waals surface area contributed by atoms with Crippen LogP contribution in [0.15, 0.2) is 4.90 Å². The normalized spacial score (nSPS) is 18.1. The van der Waals surface area contributed by atoms with E-state index in [0.717, 1.165) is 12.8 Å². The molecule has 0 bridgehead atoms. The summed E-state index contributed by atoms with van der Waals surface area (Å²) < 4.78 is 73.4. The summed E-state index contributed by atoms with van der Waals surface area (Å²) in [6.45, 7) is 4.26. The van der Waals surface area contributed by atoms with Gasteiger partial charge in [0.05, 0.1) is 12.4 Å². The molecule has 3 rings (SSSR count). The van der Waals surface area contributed by atoms with Crippen molar-refractivity contribution in [2.24, 2.45) is 0 Å². The first-order valence-corrected chi connectivity index (χ1v) is 11.6. The molecule has 2 fully saturated rings. The van der Waals surface area contributed by atoms with Crippen LogP contribution in [0.1, 0.15) is 19.8 Å². The van der Waals surface area contributed by atoms with Crippen molar-refractivity contribution < 1.29 is 31.1 Å². The van der Waals surface area contributed by atoms with Crippen LogP contribution < -0.4 is 4.90 Å². The molecule has 0 atom stereocenters. The number of nitrogens with zero attached hydrogens (tertiary/aromatic N) is 4. The van der Waals surface area contributed by atoms with Crippen LogP contribution in [-0.2, 0) is 14.6 Å². The maximum absolute atomic E-state index is 14.9. The van der Waals surface area contributed by atoms with Crippen LogP contribution >= 0.6 is 0 Å². The Kier molecular flexibility index (Phi) is 7.06. The van der Waals surface area contributed by atoms with E-state index in [1.807, 2.05) is 0 Å². The Balaban J connectivity index is 1.70. The average Bonchev–Trinajstić information content (AvgIpc) is 3.24. The molecule has 2 aliphatic rings. The summed E-state index contributed by atoms with van der Waals surface area (Å²) in [6.07, 6.45) is 1.04. The molecule has 3 heterocycles. The number of carbonyl (C=O) groups excluding carboxylic acids is 1. The number of halogens is 3. The third-order valence-electron chi connectivity index (χ3n) is 5.27. The van der Waals surface area contributed by atoms with Gasteiger partial charge in [-0.3, -0.25) is 4.90 Å². The van der Waals surface area contributed by atoms with Crippen molar-refractivity contribution in [3.05, 3.63) is 17.6 Å². The summed E-state index contributed by atoms with van der Waals surface area (Å²) in [7, 11) is -4.44. The fourth-order valence-electron chi connectivity index (χ4n) is 3.61. The van der Waals surface area contributed by atoms with Gasteiger partial charge in [-0.2, -0.15) is 9.37 Å². The van der Waals surface area contributed by atoms with Crippen molar-refractivity contribution in [1.82, 2.24) is 14.8 Å². The monoisotopic (exact) mass is 450 g/mol. The number of hydrogen-bond acceptors (Lipinski definition) is 7. The Morgan fingerprint density at radius 2 is 1.67 bits per heavy atom. The van der Waals surface area contributed by atoms with Crippen molar-refractivity contribution >= 4 is 21.7 Å². The van der Waals surface area contributed by atoms with Crippen molar-refractivity contribution in [2.75, 3.05) is 63.1 Å². The van der Waals surface area contributed by atoms with E-state index in [2.05, 4.69) is 4.98 Å². The second kappa shape index (κ2) is 9.38. The summed E-state index contributed by atoms with van der Waals surface area (Å²) in [4.78, 5) is 18.5. The lowest BCUT2D eigenvalue weighted by Crippen LogP contribution is -2.49. The summed E-state index contributed by atoms with van der Waals surface area (Å²) in [5, 5.41) is 0. The zero-order valence-electron chi connectivity index (χ0n) is 16.7. The highest BCUT2D eigenvalue weighted by molar-refractivity contribution is 7.91. The number of hydrogen-bond donors (Lipinski definition) is 0. The largest absolute Gasteiger partial charge is 0.450 e. The first-order valence-electron chi connectivity index (χ1n) is 9.91. The fourth-order valence-corrected chi connectivity index (χ4v) is 5.04. The number of anilines is 1. The number of aromatic nitrogens is 1. The molecule has 30 heavy (non-hydrogen) atoms. The minimum absolute atomic E-state index is 0.000861. The van der Waals surface area contributed by atoms with Gasteiger partial charge in [-0.25, -0.2) is 22.0 Å². The van der Waals surface area contributed by atoms with Gasteiger partial charge in [0.2, 0.25) is 0 Å². The van der Waals surface area contributed by atoms with Gasteiger partial charge in [-0.15, -0.1) is 0 Å². The smallest absolute Gasteiger partial charge is 0.409 e. The molecule has 0 unspecified atom stereocenters. The van der Waals surface area contributed by atoms with Crippen LogP contribution in [0.5, 0.6) is 0 Å². The Bertz CT molecular complexity index is 886. The second-order valence-electron chi connectivity index (χ2n) is 7.22. The molecule has 1 aromatic heterocycles. The number of carbonyl (C=O) groups is 1. The van der Waals surface area contributed by atoms with Crippen molar-refractivity contribution in [3.8, 4) is 0 Å². The molecule has 8 nitrogen and oxygen atoms in total. The van der Waals surface area contributed by atoms with Crippen LogP contribution in [0.3, 0.4) is 0 Å². The number of piperazine rings is 1.